The number of aromatic amines is 1. The monoisotopic (exact) mass is 541 g/mol. The molecule has 0 unspecified atom stereocenters. The van der Waals surface area contributed by atoms with E-state index >= 15 is 0 Å². The molecule has 0 radical (unpaired) electrons. The molecule has 6 rings (SSSR count). The quantitative estimate of drug-likeness (QED) is 0.298. The van der Waals surface area contributed by atoms with E-state index in [4.69, 9.17) is 9.47 Å². The van der Waals surface area contributed by atoms with Crippen molar-refractivity contribution in [3.63, 3.8) is 0 Å². The maximum Gasteiger partial charge on any atom is 0.252 e. The first-order valence-electron chi connectivity index (χ1n) is 13.2. The van der Waals surface area contributed by atoms with Gasteiger partial charge in [0.15, 0.2) is 17.3 Å². The average Bonchev–Trinajstić information content (AvgIpc) is 3.42. The summed E-state index contributed by atoms with van der Waals surface area (Å²) >= 11 is 0. The van der Waals surface area contributed by atoms with Crippen molar-refractivity contribution >= 4 is 10.9 Å². The fraction of sp³-hybridized carbons (Fsp3) is 0.276. The lowest BCUT2D eigenvalue weighted by atomic mass is 10.1. The highest BCUT2D eigenvalue weighted by Crippen LogP contribution is 2.34. The number of benzene rings is 2. The predicted molar refractivity (Wildman–Crippen MR) is 145 cm³/mol. The van der Waals surface area contributed by atoms with Gasteiger partial charge in [0.05, 0.1) is 18.1 Å². The van der Waals surface area contributed by atoms with E-state index in [-0.39, 0.29) is 17.4 Å². The second-order valence-corrected chi connectivity index (χ2v) is 9.72. The van der Waals surface area contributed by atoms with E-state index < -0.39 is 0 Å². The molecule has 0 saturated carbocycles. The zero-order valence-electron chi connectivity index (χ0n) is 22.0. The first-order valence-corrected chi connectivity index (χ1v) is 13.2. The van der Waals surface area contributed by atoms with Crippen LogP contribution in [0, 0.1) is 5.82 Å². The van der Waals surface area contributed by atoms with Crippen LogP contribution in [0.25, 0.3) is 10.9 Å². The number of H-pyrrole nitrogens is 1. The number of hydrogen-bond donors (Lipinski definition) is 1. The molecule has 0 saturated heterocycles. The van der Waals surface area contributed by atoms with Gasteiger partial charge in [-0.15, -0.1) is 5.10 Å². The van der Waals surface area contributed by atoms with Gasteiger partial charge in [-0.05, 0) is 58.3 Å². The Morgan fingerprint density at radius 1 is 1.05 bits per heavy atom. The number of nitrogens with one attached hydrogen (secondary N) is 1. The van der Waals surface area contributed by atoms with Crippen LogP contribution < -0.4 is 15.0 Å². The third kappa shape index (κ3) is 5.41. The molecule has 10 nitrogen and oxygen atoms in total. The van der Waals surface area contributed by atoms with Gasteiger partial charge < -0.3 is 14.5 Å². The van der Waals surface area contributed by atoms with Crippen LogP contribution >= 0.6 is 0 Å². The smallest absolute Gasteiger partial charge is 0.252 e. The fourth-order valence-electron chi connectivity index (χ4n) is 5.06. The standard InChI is InChI=1S/C29H28FN7O3/c1-2-25(28-33-34-35-37(28)17-19-5-7-23(30)8-6-19)36(16-20-4-3-9-31-15-20)18-22-12-21-13-26-27(40-11-10-39-26)14-24(21)32-29(22)38/h3-9,12-15,25H,2,10-11,16-18H2,1H3,(H,32,38)/t25-/m0/s1. The van der Waals surface area contributed by atoms with Crippen LogP contribution in [0.2, 0.25) is 0 Å². The van der Waals surface area contributed by atoms with Gasteiger partial charge in [0, 0.05) is 42.5 Å². The highest BCUT2D eigenvalue weighted by molar-refractivity contribution is 5.83. The first kappa shape index (κ1) is 25.6. The summed E-state index contributed by atoms with van der Waals surface area (Å²) in [6.07, 6.45) is 4.23. The number of fused-ring (bicyclic) bond motifs is 2. The molecule has 0 fully saturated rings. The second-order valence-electron chi connectivity index (χ2n) is 9.72. The van der Waals surface area contributed by atoms with Gasteiger partial charge >= 0.3 is 0 Å². The third-order valence-electron chi connectivity index (χ3n) is 7.00. The summed E-state index contributed by atoms with van der Waals surface area (Å²) < 4.78 is 26.6. The summed E-state index contributed by atoms with van der Waals surface area (Å²) in [6.45, 7) is 4.28. The van der Waals surface area contributed by atoms with Gasteiger partial charge in [0.1, 0.15) is 19.0 Å². The van der Waals surface area contributed by atoms with E-state index in [2.05, 4.69) is 37.3 Å². The summed E-state index contributed by atoms with van der Waals surface area (Å²) in [6, 6.07) is 15.6. The van der Waals surface area contributed by atoms with Gasteiger partial charge in [-0.1, -0.05) is 25.1 Å². The number of rotatable bonds is 9. The average molecular weight is 542 g/mol. The highest BCUT2D eigenvalue weighted by Gasteiger charge is 2.26. The minimum Gasteiger partial charge on any atom is -0.486 e. The molecule has 1 aliphatic rings. The largest absolute Gasteiger partial charge is 0.486 e. The van der Waals surface area contributed by atoms with Crippen LogP contribution in [0.3, 0.4) is 0 Å². The van der Waals surface area contributed by atoms with Crippen LogP contribution in [0.15, 0.2) is 71.8 Å². The fourth-order valence-corrected chi connectivity index (χ4v) is 5.06. The lowest BCUT2D eigenvalue weighted by Gasteiger charge is -2.30. The molecular formula is C29H28FN7O3. The van der Waals surface area contributed by atoms with Crippen LogP contribution in [-0.4, -0.2) is 48.3 Å². The second kappa shape index (κ2) is 11.2. The predicted octanol–water partition coefficient (Wildman–Crippen LogP) is 4.02. The summed E-state index contributed by atoms with van der Waals surface area (Å²) in [7, 11) is 0. The first-order chi connectivity index (χ1) is 19.6. The van der Waals surface area contributed by atoms with Crippen molar-refractivity contribution < 1.29 is 13.9 Å². The zero-order valence-corrected chi connectivity index (χ0v) is 22.0. The molecule has 4 heterocycles. The number of pyridine rings is 2. The minimum absolute atomic E-state index is 0.180. The molecule has 1 aliphatic heterocycles. The molecule has 0 amide bonds. The van der Waals surface area contributed by atoms with Gasteiger partial charge in [-0.3, -0.25) is 14.7 Å². The Bertz CT molecular complexity index is 1670. The normalized spacial score (nSPS) is 13.6. The molecule has 1 atom stereocenters. The SMILES string of the molecule is CC[C@@H](c1nnnn1Cc1ccc(F)cc1)N(Cc1cccnc1)Cc1cc2cc3c(cc2[nH]c1=O)OCCO3. The number of ether oxygens (including phenoxy) is 2. The van der Waals surface area contributed by atoms with Gasteiger partial charge in [-0.2, -0.15) is 0 Å². The highest BCUT2D eigenvalue weighted by atomic mass is 19.1. The van der Waals surface area contributed by atoms with Gasteiger partial charge in [0.25, 0.3) is 5.56 Å². The Balaban J connectivity index is 1.35. The molecule has 5 aromatic rings. The Morgan fingerprint density at radius 2 is 1.85 bits per heavy atom. The lowest BCUT2D eigenvalue weighted by molar-refractivity contribution is 0.161. The topological polar surface area (TPSA) is 111 Å². The van der Waals surface area contributed by atoms with Crippen molar-refractivity contribution in [2.45, 2.75) is 39.0 Å². The molecule has 3 aromatic heterocycles. The molecule has 11 heteroatoms. The Hall–Kier alpha value is -4.64. The number of halogens is 1. The van der Waals surface area contributed by atoms with Crippen molar-refractivity contribution in [1.29, 1.82) is 0 Å². The maximum absolute atomic E-state index is 13.5. The van der Waals surface area contributed by atoms with Crippen LogP contribution in [0.4, 0.5) is 4.39 Å². The summed E-state index contributed by atoms with van der Waals surface area (Å²) in [4.78, 5) is 22.7. The molecule has 40 heavy (non-hydrogen) atoms. The number of hydrogen-bond acceptors (Lipinski definition) is 8. The number of nitrogens with zero attached hydrogens (tertiary/aromatic N) is 6. The van der Waals surface area contributed by atoms with E-state index in [0.29, 0.717) is 67.7 Å². The van der Waals surface area contributed by atoms with Gasteiger partial charge in [0.2, 0.25) is 0 Å². The van der Waals surface area contributed by atoms with E-state index in [9.17, 15) is 9.18 Å². The third-order valence-corrected chi connectivity index (χ3v) is 7.00. The summed E-state index contributed by atoms with van der Waals surface area (Å²) in [5.41, 5.74) is 2.98. The lowest BCUT2D eigenvalue weighted by Crippen LogP contribution is -2.32. The van der Waals surface area contributed by atoms with Crippen molar-refractivity contribution in [2.75, 3.05) is 13.2 Å². The van der Waals surface area contributed by atoms with Crippen LogP contribution in [0.1, 0.15) is 41.9 Å². The molecular weight excluding hydrogens is 513 g/mol. The molecule has 204 valence electrons. The molecule has 0 spiro atoms. The van der Waals surface area contributed by atoms with Gasteiger partial charge in [-0.25, -0.2) is 9.07 Å². The molecule has 0 aliphatic carbocycles. The Kier molecular flexibility index (Phi) is 7.19. The van der Waals surface area contributed by atoms with Crippen molar-refractivity contribution in [2.24, 2.45) is 0 Å². The van der Waals surface area contributed by atoms with E-state index in [0.717, 1.165) is 16.5 Å². The molecule has 2 aromatic carbocycles. The summed E-state index contributed by atoms with van der Waals surface area (Å²) in [5.74, 6) is 1.65. The molecule has 1 N–H and O–H groups in total. The Morgan fingerprint density at radius 3 is 2.60 bits per heavy atom. The Labute approximate surface area is 229 Å². The number of tetrazole rings is 1. The van der Waals surface area contributed by atoms with E-state index in [1.807, 2.05) is 30.5 Å². The van der Waals surface area contributed by atoms with E-state index in [1.165, 1.54) is 12.1 Å². The van der Waals surface area contributed by atoms with Crippen molar-refractivity contribution in [3.8, 4) is 11.5 Å². The summed E-state index contributed by atoms with van der Waals surface area (Å²) in [5, 5.41) is 13.4. The van der Waals surface area contributed by atoms with Crippen molar-refractivity contribution in [3.05, 3.63) is 106 Å². The van der Waals surface area contributed by atoms with E-state index in [1.54, 1.807) is 29.1 Å². The maximum atomic E-state index is 13.5. The van der Waals surface area contributed by atoms with Crippen LogP contribution in [-0.2, 0) is 19.6 Å². The van der Waals surface area contributed by atoms with Crippen LogP contribution in [0.5, 0.6) is 11.5 Å². The zero-order chi connectivity index (χ0) is 27.5. The number of aromatic nitrogens is 6. The minimum atomic E-state index is -0.296. The van der Waals surface area contributed by atoms with Crippen molar-refractivity contribution in [1.82, 2.24) is 35.1 Å². The molecule has 0 bridgehead atoms.